The van der Waals surface area contributed by atoms with E-state index >= 15 is 0 Å². The Kier molecular flexibility index (Phi) is 5.93. The summed E-state index contributed by atoms with van der Waals surface area (Å²) in [6, 6.07) is 13.8. The Balaban J connectivity index is 1.56. The van der Waals surface area contributed by atoms with E-state index in [0.717, 1.165) is 17.8 Å². The first kappa shape index (κ1) is 22.6. The highest BCUT2D eigenvalue weighted by atomic mass is 32.2. The molecule has 0 N–H and O–H groups in total. The Hall–Kier alpha value is -2.60. The van der Waals surface area contributed by atoms with Crippen molar-refractivity contribution in [3.05, 3.63) is 71.8 Å². The lowest BCUT2D eigenvalue weighted by atomic mass is 10.3. The molecule has 0 spiro atoms. The summed E-state index contributed by atoms with van der Waals surface area (Å²) < 4.78 is 69.7. The van der Waals surface area contributed by atoms with Crippen molar-refractivity contribution in [1.82, 2.24) is 18.4 Å². The first-order chi connectivity index (χ1) is 15.1. The molecule has 1 fully saturated rings. The summed E-state index contributed by atoms with van der Waals surface area (Å²) in [6.45, 7) is 3.38. The lowest BCUT2D eigenvalue weighted by molar-refractivity contribution is 0.272. The largest absolute Gasteiger partial charge is 0.246 e. The number of hydrogen-bond donors (Lipinski definition) is 0. The molecule has 0 unspecified atom stereocenters. The van der Waals surface area contributed by atoms with Crippen molar-refractivity contribution < 1.29 is 21.2 Å². The predicted molar refractivity (Wildman–Crippen MR) is 117 cm³/mol. The number of benzene rings is 2. The van der Waals surface area contributed by atoms with Crippen LogP contribution in [0.2, 0.25) is 0 Å². The summed E-state index contributed by atoms with van der Waals surface area (Å²) in [5.74, 6) is -0.526. The van der Waals surface area contributed by atoms with Gasteiger partial charge in [0.2, 0.25) is 20.0 Å². The van der Waals surface area contributed by atoms with Crippen molar-refractivity contribution in [2.45, 2.75) is 23.6 Å². The molecule has 3 aromatic rings. The number of aromatic nitrogens is 2. The molecule has 11 heteroatoms. The van der Waals surface area contributed by atoms with Crippen molar-refractivity contribution >= 4 is 20.0 Å². The molecule has 0 amide bonds. The third kappa shape index (κ3) is 3.96. The van der Waals surface area contributed by atoms with E-state index < -0.39 is 25.9 Å². The minimum absolute atomic E-state index is 0.00383. The number of halogens is 1. The van der Waals surface area contributed by atoms with Gasteiger partial charge < -0.3 is 0 Å². The summed E-state index contributed by atoms with van der Waals surface area (Å²) in [5, 5.41) is 4.42. The maximum absolute atomic E-state index is 13.4. The SMILES string of the molecule is Cc1nn(-c2ccccc2)c(C)c1S(=O)(=O)N1CCN(S(=O)(=O)c2ccc(F)cc2)CC1. The molecule has 32 heavy (non-hydrogen) atoms. The molecule has 2 heterocycles. The van der Waals surface area contributed by atoms with Gasteiger partial charge in [0.1, 0.15) is 10.7 Å². The second-order valence-electron chi connectivity index (χ2n) is 7.51. The lowest BCUT2D eigenvalue weighted by Crippen LogP contribution is -2.50. The van der Waals surface area contributed by atoms with Crippen LogP contribution in [0.25, 0.3) is 5.69 Å². The Labute approximate surface area is 187 Å². The molecule has 0 atom stereocenters. The molecular formula is C21H23FN4O4S2. The molecule has 1 saturated heterocycles. The average molecular weight is 479 g/mol. The van der Waals surface area contributed by atoms with Gasteiger partial charge in [0.25, 0.3) is 0 Å². The number of rotatable bonds is 5. The summed E-state index contributed by atoms with van der Waals surface area (Å²) >= 11 is 0. The monoisotopic (exact) mass is 478 g/mol. The van der Waals surface area contributed by atoms with Gasteiger partial charge in [0.15, 0.2) is 0 Å². The van der Waals surface area contributed by atoms with Gasteiger partial charge in [-0.1, -0.05) is 18.2 Å². The predicted octanol–water partition coefficient (Wildman–Crippen LogP) is 2.32. The second-order valence-corrected chi connectivity index (χ2v) is 11.3. The first-order valence-electron chi connectivity index (χ1n) is 10.00. The van der Waals surface area contributed by atoms with E-state index in [1.807, 2.05) is 30.3 Å². The fourth-order valence-corrected chi connectivity index (χ4v) is 7.06. The van der Waals surface area contributed by atoms with Gasteiger partial charge in [-0.2, -0.15) is 13.7 Å². The van der Waals surface area contributed by atoms with E-state index in [1.165, 1.54) is 20.7 Å². The Morgan fingerprint density at radius 3 is 1.88 bits per heavy atom. The van der Waals surface area contributed by atoms with Crippen LogP contribution in [0, 0.1) is 19.7 Å². The molecule has 0 bridgehead atoms. The third-order valence-electron chi connectivity index (χ3n) is 5.47. The number of aryl methyl sites for hydroxylation is 1. The molecule has 0 saturated carbocycles. The topological polar surface area (TPSA) is 92.6 Å². The maximum atomic E-state index is 13.4. The summed E-state index contributed by atoms with van der Waals surface area (Å²) in [4.78, 5) is 0.113. The van der Waals surface area contributed by atoms with Gasteiger partial charge in [-0.05, 0) is 50.2 Å². The maximum Gasteiger partial charge on any atom is 0.246 e. The van der Waals surface area contributed by atoms with Gasteiger partial charge >= 0.3 is 0 Å². The highest BCUT2D eigenvalue weighted by Gasteiger charge is 2.36. The summed E-state index contributed by atoms with van der Waals surface area (Å²) in [7, 11) is -7.70. The zero-order chi connectivity index (χ0) is 23.1. The number of hydrogen-bond acceptors (Lipinski definition) is 5. The van der Waals surface area contributed by atoms with Crippen molar-refractivity contribution in [3.63, 3.8) is 0 Å². The Morgan fingerprint density at radius 1 is 0.781 bits per heavy atom. The van der Waals surface area contributed by atoms with Crippen LogP contribution in [-0.2, 0) is 20.0 Å². The molecule has 4 rings (SSSR count). The van der Waals surface area contributed by atoms with Crippen LogP contribution in [0.4, 0.5) is 4.39 Å². The zero-order valence-electron chi connectivity index (χ0n) is 17.6. The average Bonchev–Trinajstić information content (AvgIpc) is 3.09. The van der Waals surface area contributed by atoms with Crippen molar-refractivity contribution in [3.8, 4) is 5.69 Å². The molecule has 1 aromatic heterocycles. The number of nitrogens with zero attached hydrogens (tertiary/aromatic N) is 4. The van der Waals surface area contributed by atoms with Crippen LogP contribution in [0.3, 0.4) is 0 Å². The van der Waals surface area contributed by atoms with E-state index in [4.69, 9.17) is 0 Å². The molecule has 170 valence electrons. The molecular weight excluding hydrogens is 455 g/mol. The zero-order valence-corrected chi connectivity index (χ0v) is 19.3. The van der Waals surface area contributed by atoms with Crippen LogP contribution >= 0.6 is 0 Å². The van der Waals surface area contributed by atoms with Crippen LogP contribution in [-0.4, -0.2) is 61.4 Å². The first-order valence-corrected chi connectivity index (χ1v) is 12.9. The molecule has 2 aromatic carbocycles. The van der Waals surface area contributed by atoms with Crippen LogP contribution in [0.1, 0.15) is 11.4 Å². The summed E-state index contributed by atoms with van der Waals surface area (Å²) in [6.07, 6.45) is 0. The normalized spacial score (nSPS) is 16.3. The molecule has 0 aliphatic carbocycles. The molecule has 0 radical (unpaired) electrons. The minimum atomic E-state index is -3.87. The molecule has 1 aliphatic rings. The van der Waals surface area contributed by atoms with Crippen LogP contribution in [0.5, 0.6) is 0 Å². The van der Waals surface area contributed by atoms with Gasteiger partial charge in [-0.15, -0.1) is 0 Å². The highest BCUT2D eigenvalue weighted by molar-refractivity contribution is 7.89. The fourth-order valence-electron chi connectivity index (χ4n) is 3.86. The second kappa shape index (κ2) is 8.39. The van der Waals surface area contributed by atoms with Gasteiger partial charge in [-0.3, -0.25) is 0 Å². The van der Waals surface area contributed by atoms with E-state index in [2.05, 4.69) is 5.10 Å². The minimum Gasteiger partial charge on any atom is -0.236 e. The van der Waals surface area contributed by atoms with E-state index in [9.17, 15) is 21.2 Å². The van der Waals surface area contributed by atoms with Crippen molar-refractivity contribution in [1.29, 1.82) is 0 Å². The Morgan fingerprint density at radius 2 is 1.31 bits per heavy atom. The Bertz CT molecular complexity index is 1330. The third-order valence-corrected chi connectivity index (χ3v) is 9.54. The standard InChI is InChI=1S/C21H23FN4O4S2/c1-16-21(17(2)26(23-16)19-6-4-3-5-7-19)32(29,30)25-14-12-24(13-15-25)31(27,28)20-10-8-18(22)9-11-20/h3-11H,12-15H2,1-2H3. The lowest BCUT2D eigenvalue weighted by Gasteiger charge is -2.33. The number of sulfonamides is 2. The van der Waals surface area contributed by atoms with Crippen LogP contribution < -0.4 is 0 Å². The van der Waals surface area contributed by atoms with Gasteiger partial charge in [0.05, 0.1) is 22.0 Å². The number of piperazine rings is 1. The smallest absolute Gasteiger partial charge is 0.236 e. The summed E-state index contributed by atoms with van der Waals surface area (Å²) in [5.41, 5.74) is 1.63. The molecule has 1 aliphatic heterocycles. The molecule has 8 nitrogen and oxygen atoms in total. The van der Waals surface area contributed by atoms with Gasteiger partial charge in [-0.25, -0.2) is 25.9 Å². The fraction of sp³-hybridized carbons (Fsp3) is 0.286. The van der Waals surface area contributed by atoms with Crippen LogP contribution in [0.15, 0.2) is 64.4 Å². The highest BCUT2D eigenvalue weighted by Crippen LogP contribution is 2.27. The van der Waals surface area contributed by atoms with Gasteiger partial charge in [0, 0.05) is 26.2 Å². The quantitative estimate of drug-likeness (QED) is 0.561. The van der Waals surface area contributed by atoms with Crippen molar-refractivity contribution in [2.24, 2.45) is 0 Å². The van der Waals surface area contributed by atoms with Crippen molar-refractivity contribution in [2.75, 3.05) is 26.2 Å². The number of para-hydroxylation sites is 1. The van der Waals surface area contributed by atoms with E-state index in [-0.39, 0.29) is 36.0 Å². The van der Waals surface area contributed by atoms with E-state index in [1.54, 1.807) is 18.5 Å². The van der Waals surface area contributed by atoms with E-state index in [0.29, 0.717) is 11.4 Å².